The average molecular weight is 282 g/mol. The molecule has 0 spiro atoms. The van der Waals surface area contributed by atoms with Gasteiger partial charge in [-0.15, -0.1) is 0 Å². The fraction of sp³-hybridized carbons (Fsp3) is 0.625. The van der Waals surface area contributed by atoms with Gasteiger partial charge < -0.3 is 9.47 Å². The first-order chi connectivity index (χ1) is 9.11. The van der Waals surface area contributed by atoms with Crippen LogP contribution in [0.25, 0.3) is 0 Å². The maximum atomic E-state index is 11.7. The van der Waals surface area contributed by atoms with Crippen LogP contribution >= 0.6 is 0 Å². The second kappa shape index (κ2) is 7.88. The molecule has 0 saturated heterocycles. The Morgan fingerprint density at radius 2 is 1.60 bits per heavy atom. The van der Waals surface area contributed by atoms with E-state index in [9.17, 15) is 9.59 Å². The molecule has 1 unspecified atom stereocenters. The molecule has 0 saturated carbocycles. The summed E-state index contributed by atoms with van der Waals surface area (Å²) in [5, 5.41) is 0. The first kappa shape index (κ1) is 18.4. The minimum Gasteiger partial charge on any atom is -0.462 e. The van der Waals surface area contributed by atoms with Gasteiger partial charge in [-0.25, -0.2) is 9.59 Å². The summed E-state index contributed by atoms with van der Waals surface area (Å²) in [5.74, 6) is -0.841. The van der Waals surface area contributed by atoms with E-state index in [-0.39, 0.29) is 18.1 Å². The number of esters is 2. The maximum absolute atomic E-state index is 11.7. The van der Waals surface area contributed by atoms with Gasteiger partial charge in [0.15, 0.2) is 0 Å². The standard InChI is InChI=1S/C16H26O4/c1-8-16(6,7)13(20-15(18)12(4)5)9-10-19-14(17)11(2)3/h13H,2,4,8-10H2,1,3,5-7H3. The van der Waals surface area contributed by atoms with Crippen LogP contribution in [0.3, 0.4) is 0 Å². The van der Waals surface area contributed by atoms with Gasteiger partial charge in [-0.1, -0.05) is 33.9 Å². The Bertz CT molecular complexity index is 393. The van der Waals surface area contributed by atoms with Gasteiger partial charge in [0.25, 0.3) is 0 Å². The summed E-state index contributed by atoms with van der Waals surface area (Å²) in [6.45, 7) is 16.6. The SMILES string of the molecule is C=C(C)C(=O)OCCC(OC(=O)C(=C)C)C(C)(C)CC. The molecule has 114 valence electrons. The monoisotopic (exact) mass is 282 g/mol. The van der Waals surface area contributed by atoms with Crippen LogP contribution in [-0.4, -0.2) is 24.6 Å². The summed E-state index contributed by atoms with van der Waals surface area (Å²) in [7, 11) is 0. The molecule has 0 heterocycles. The van der Waals surface area contributed by atoms with Crippen LogP contribution in [-0.2, 0) is 19.1 Å². The third kappa shape index (κ3) is 6.04. The minimum absolute atomic E-state index is 0.194. The third-order valence-electron chi connectivity index (χ3n) is 3.34. The zero-order valence-electron chi connectivity index (χ0n) is 13.2. The molecule has 4 nitrogen and oxygen atoms in total. The van der Waals surface area contributed by atoms with Crippen molar-refractivity contribution in [3.8, 4) is 0 Å². The summed E-state index contributed by atoms with van der Waals surface area (Å²) < 4.78 is 10.5. The second-order valence-electron chi connectivity index (χ2n) is 5.72. The van der Waals surface area contributed by atoms with Crippen LogP contribution < -0.4 is 0 Å². The highest BCUT2D eigenvalue weighted by molar-refractivity contribution is 5.87. The largest absolute Gasteiger partial charge is 0.462 e. The van der Waals surface area contributed by atoms with E-state index in [2.05, 4.69) is 13.2 Å². The van der Waals surface area contributed by atoms with E-state index in [1.807, 2.05) is 20.8 Å². The van der Waals surface area contributed by atoms with Gasteiger partial charge in [0.1, 0.15) is 6.10 Å². The average Bonchev–Trinajstić information content (AvgIpc) is 2.36. The lowest BCUT2D eigenvalue weighted by Crippen LogP contribution is -2.35. The summed E-state index contributed by atoms with van der Waals surface area (Å²) in [4.78, 5) is 23.0. The van der Waals surface area contributed by atoms with Crippen LogP contribution in [0.5, 0.6) is 0 Å². The number of rotatable bonds is 8. The van der Waals surface area contributed by atoms with Crippen molar-refractivity contribution in [2.45, 2.75) is 53.6 Å². The van der Waals surface area contributed by atoms with Crippen molar-refractivity contribution < 1.29 is 19.1 Å². The lowest BCUT2D eigenvalue weighted by Gasteiger charge is -2.33. The topological polar surface area (TPSA) is 52.6 Å². The lowest BCUT2D eigenvalue weighted by atomic mass is 9.82. The van der Waals surface area contributed by atoms with Crippen molar-refractivity contribution in [1.82, 2.24) is 0 Å². The van der Waals surface area contributed by atoms with Crippen molar-refractivity contribution in [3.63, 3.8) is 0 Å². The van der Waals surface area contributed by atoms with Crippen molar-refractivity contribution in [2.75, 3.05) is 6.61 Å². The minimum atomic E-state index is -0.427. The number of hydrogen-bond donors (Lipinski definition) is 0. The molecule has 0 fully saturated rings. The van der Waals surface area contributed by atoms with Crippen LogP contribution in [0.1, 0.15) is 47.5 Å². The molecule has 1 atom stereocenters. The molecular formula is C16H26O4. The second-order valence-corrected chi connectivity index (χ2v) is 5.72. The predicted octanol–water partition coefficient (Wildman–Crippen LogP) is 3.42. The van der Waals surface area contributed by atoms with E-state index >= 15 is 0 Å². The van der Waals surface area contributed by atoms with Crippen LogP contribution in [0.15, 0.2) is 24.3 Å². The van der Waals surface area contributed by atoms with Gasteiger partial charge in [0, 0.05) is 23.0 Å². The molecule has 0 aliphatic carbocycles. The first-order valence-corrected chi connectivity index (χ1v) is 6.81. The molecule has 0 aromatic heterocycles. The predicted molar refractivity (Wildman–Crippen MR) is 79.2 cm³/mol. The van der Waals surface area contributed by atoms with E-state index in [0.29, 0.717) is 17.6 Å². The number of ether oxygens (including phenoxy) is 2. The highest BCUT2D eigenvalue weighted by Gasteiger charge is 2.31. The van der Waals surface area contributed by atoms with E-state index < -0.39 is 11.9 Å². The molecular weight excluding hydrogens is 256 g/mol. The fourth-order valence-corrected chi connectivity index (χ4v) is 1.45. The van der Waals surface area contributed by atoms with Crippen LogP contribution in [0.4, 0.5) is 0 Å². The van der Waals surface area contributed by atoms with Crippen molar-refractivity contribution in [3.05, 3.63) is 24.3 Å². The van der Waals surface area contributed by atoms with E-state index in [4.69, 9.17) is 9.47 Å². The van der Waals surface area contributed by atoms with Gasteiger partial charge in [-0.2, -0.15) is 0 Å². The molecule has 20 heavy (non-hydrogen) atoms. The summed E-state index contributed by atoms with van der Waals surface area (Å²) in [5.41, 5.74) is 0.525. The molecule has 0 rings (SSSR count). The molecule has 0 aliphatic heterocycles. The van der Waals surface area contributed by atoms with Gasteiger partial charge in [-0.05, 0) is 20.3 Å². The third-order valence-corrected chi connectivity index (χ3v) is 3.34. The number of carbonyl (C=O) groups excluding carboxylic acids is 2. The Balaban J connectivity index is 4.63. The molecule has 0 bridgehead atoms. The molecule has 0 aliphatic rings. The highest BCUT2D eigenvalue weighted by Crippen LogP contribution is 2.30. The Morgan fingerprint density at radius 1 is 1.10 bits per heavy atom. The van der Waals surface area contributed by atoms with Gasteiger partial charge in [0.2, 0.25) is 0 Å². The van der Waals surface area contributed by atoms with E-state index in [1.165, 1.54) is 0 Å². The van der Waals surface area contributed by atoms with Crippen molar-refractivity contribution in [2.24, 2.45) is 5.41 Å². The Kier molecular flexibility index (Phi) is 7.25. The Labute approximate surface area is 121 Å². The van der Waals surface area contributed by atoms with Crippen molar-refractivity contribution in [1.29, 1.82) is 0 Å². The normalized spacial score (nSPS) is 12.4. The smallest absolute Gasteiger partial charge is 0.333 e. The Hall–Kier alpha value is -1.58. The molecule has 0 aromatic carbocycles. The molecule has 0 N–H and O–H groups in total. The molecule has 4 heteroatoms. The zero-order chi connectivity index (χ0) is 15.9. The fourth-order valence-electron chi connectivity index (χ4n) is 1.45. The van der Waals surface area contributed by atoms with Crippen LogP contribution in [0.2, 0.25) is 0 Å². The first-order valence-electron chi connectivity index (χ1n) is 6.81. The molecule has 0 radical (unpaired) electrons. The number of carbonyl (C=O) groups is 2. The lowest BCUT2D eigenvalue weighted by molar-refractivity contribution is -0.153. The van der Waals surface area contributed by atoms with Crippen molar-refractivity contribution >= 4 is 11.9 Å². The molecule has 0 amide bonds. The van der Waals surface area contributed by atoms with Gasteiger partial charge in [-0.3, -0.25) is 0 Å². The van der Waals surface area contributed by atoms with E-state index in [0.717, 1.165) is 6.42 Å². The maximum Gasteiger partial charge on any atom is 0.333 e. The van der Waals surface area contributed by atoms with Gasteiger partial charge in [0.05, 0.1) is 6.61 Å². The summed E-state index contributed by atoms with van der Waals surface area (Å²) in [6.07, 6.45) is 0.976. The summed E-state index contributed by atoms with van der Waals surface area (Å²) >= 11 is 0. The zero-order valence-corrected chi connectivity index (χ0v) is 13.2. The van der Waals surface area contributed by atoms with Crippen LogP contribution in [0, 0.1) is 5.41 Å². The highest BCUT2D eigenvalue weighted by atomic mass is 16.6. The summed E-state index contributed by atoms with van der Waals surface area (Å²) in [6, 6.07) is 0. The number of hydrogen-bond acceptors (Lipinski definition) is 4. The van der Waals surface area contributed by atoms with E-state index in [1.54, 1.807) is 13.8 Å². The quantitative estimate of drug-likeness (QED) is 0.505. The van der Waals surface area contributed by atoms with Gasteiger partial charge >= 0.3 is 11.9 Å². The Morgan fingerprint density at radius 3 is 2.00 bits per heavy atom. The molecule has 0 aromatic rings.